The number of amides is 2. The highest BCUT2D eigenvalue weighted by Crippen LogP contribution is 2.28. The predicted octanol–water partition coefficient (Wildman–Crippen LogP) is 4.35. The number of hydrogen-bond donors (Lipinski definition) is 2. The molecule has 2 amide bonds. The van der Waals surface area contributed by atoms with Gasteiger partial charge in [0.25, 0.3) is 5.91 Å². The van der Waals surface area contributed by atoms with Crippen LogP contribution in [-0.4, -0.2) is 47.3 Å². The van der Waals surface area contributed by atoms with E-state index in [1.165, 1.54) is 18.4 Å². The molecule has 0 bridgehead atoms. The van der Waals surface area contributed by atoms with Crippen LogP contribution in [0.3, 0.4) is 0 Å². The summed E-state index contributed by atoms with van der Waals surface area (Å²) < 4.78 is 10.3. The third kappa shape index (κ3) is 6.60. The summed E-state index contributed by atoms with van der Waals surface area (Å²) in [5, 5.41) is 7.57. The second-order valence-corrected chi connectivity index (χ2v) is 8.86. The van der Waals surface area contributed by atoms with Gasteiger partial charge in [0.1, 0.15) is 11.6 Å². The molecule has 9 heteroatoms. The largest absolute Gasteiger partial charge is 0.444 e. The van der Waals surface area contributed by atoms with Crippen LogP contribution in [0, 0.1) is 0 Å². The fraction of sp³-hybridized carbons (Fsp3) is 0.304. The highest BCUT2D eigenvalue weighted by atomic mass is 32.1. The van der Waals surface area contributed by atoms with Crippen LogP contribution in [0.2, 0.25) is 0 Å². The van der Waals surface area contributed by atoms with E-state index < -0.39 is 23.6 Å². The van der Waals surface area contributed by atoms with E-state index in [1.807, 2.05) is 41.8 Å². The van der Waals surface area contributed by atoms with Crippen LogP contribution in [0.5, 0.6) is 0 Å². The summed E-state index contributed by atoms with van der Waals surface area (Å²) in [6, 6.07) is 10.9. The van der Waals surface area contributed by atoms with Crippen LogP contribution >= 0.6 is 11.3 Å². The van der Waals surface area contributed by atoms with Crippen molar-refractivity contribution in [3.8, 4) is 22.4 Å². The summed E-state index contributed by atoms with van der Waals surface area (Å²) in [6.45, 7) is 5.24. The number of hydrogen-bond acceptors (Lipinski definition) is 7. The first-order valence-electron chi connectivity index (χ1n) is 10.0. The lowest BCUT2D eigenvalue weighted by molar-refractivity contribution is -0.119. The minimum absolute atomic E-state index is 0.00269. The summed E-state index contributed by atoms with van der Waals surface area (Å²) >= 11 is 1.30. The average molecular weight is 455 g/mol. The molecule has 0 saturated carbocycles. The number of methoxy groups -OCH3 is 1. The van der Waals surface area contributed by atoms with Crippen LogP contribution in [0.4, 0.5) is 9.93 Å². The lowest BCUT2D eigenvalue weighted by atomic mass is 10.0. The van der Waals surface area contributed by atoms with E-state index in [2.05, 4.69) is 20.6 Å². The highest BCUT2D eigenvalue weighted by Gasteiger charge is 2.25. The Labute approximate surface area is 191 Å². The highest BCUT2D eigenvalue weighted by molar-refractivity contribution is 7.14. The molecule has 3 rings (SSSR count). The number of rotatable bonds is 7. The van der Waals surface area contributed by atoms with Gasteiger partial charge in [-0.1, -0.05) is 18.2 Å². The number of alkyl carbamates (subject to hydrolysis) is 1. The Bertz CT molecular complexity index is 1060. The molecule has 2 aromatic heterocycles. The average Bonchev–Trinajstić information content (AvgIpc) is 3.21. The molecule has 32 heavy (non-hydrogen) atoms. The number of anilines is 1. The second-order valence-electron chi connectivity index (χ2n) is 8.00. The molecule has 0 aliphatic heterocycles. The van der Waals surface area contributed by atoms with Crippen molar-refractivity contribution < 1.29 is 19.1 Å². The summed E-state index contributed by atoms with van der Waals surface area (Å²) in [7, 11) is 1.45. The van der Waals surface area contributed by atoms with E-state index >= 15 is 0 Å². The van der Waals surface area contributed by atoms with Gasteiger partial charge in [0.2, 0.25) is 0 Å². The molecule has 168 valence electrons. The molecular weight excluding hydrogens is 428 g/mol. The van der Waals surface area contributed by atoms with E-state index in [0.29, 0.717) is 5.13 Å². The maximum absolute atomic E-state index is 12.7. The Hall–Kier alpha value is -3.30. The number of aromatic nitrogens is 2. The summed E-state index contributed by atoms with van der Waals surface area (Å²) in [4.78, 5) is 33.3. The number of carbonyl (C=O) groups is 2. The molecule has 1 atom stereocenters. The molecule has 0 saturated heterocycles. The standard InChI is InChI=1S/C23H26N4O4S/c1-23(2,3)31-22(29)26-18(13-30-4)20(28)27-21-25-19(14-32-21)17-7-5-6-16(12-17)15-8-10-24-11-9-15/h5-12,14,18H,13H2,1-4H3,(H,26,29)(H,25,27,28)/t18-/m0/s1. The monoisotopic (exact) mass is 454 g/mol. The van der Waals surface area contributed by atoms with Gasteiger partial charge in [-0.3, -0.25) is 9.78 Å². The first kappa shape index (κ1) is 23.4. The normalized spacial score (nSPS) is 12.1. The SMILES string of the molecule is COC[C@H](NC(=O)OC(C)(C)C)C(=O)Nc1nc(-c2cccc(-c3ccncc3)c2)cs1. The maximum atomic E-state index is 12.7. The van der Waals surface area contributed by atoms with Crippen LogP contribution in [0.15, 0.2) is 54.2 Å². The quantitative estimate of drug-likeness (QED) is 0.550. The zero-order valence-electron chi connectivity index (χ0n) is 18.4. The van der Waals surface area contributed by atoms with Gasteiger partial charge in [0.15, 0.2) is 5.13 Å². The third-order valence-electron chi connectivity index (χ3n) is 4.25. The number of ether oxygens (including phenoxy) is 2. The van der Waals surface area contributed by atoms with Gasteiger partial charge in [-0.2, -0.15) is 0 Å². The smallest absolute Gasteiger partial charge is 0.408 e. The number of nitrogens with one attached hydrogen (secondary N) is 2. The van der Waals surface area contributed by atoms with Crippen LogP contribution < -0.4 is 10.6 Å². The molecular formula is C23H26N4O4S. The van der Waals surface area contributed by atoms with Crippen molar-refractivity contribution in [2.75, 3.05) is 19.0 Å². The molecule has 0 spiro atoms. The minimum atomic E-state index is -0.919. The van der Waals surface area contributed by atoms with Crippen molar-refractivity contribution in [3.05, 3.63) is 54.2 Å². The number of benzene rings is 1. The van der Waals surface area contributed by atoms with Gasteiger partial charge in [-0.25, -0.2) is 9.78 Å². The minimum Gasteiger partial charge on any atom is -0.444 e. The number of nitrogens with zero attached hydrogens (tertiary/aromatic N) is 2. The van der Waals surface area contributed by atoms with E-state index in [-0.39, 0.29) is 6.61 Å². The topological polar surface area (TPSA) is 102 Å². The van der Waals surface area contributed by atoms with E-state index in [0.717, 1.165) is 22.4 Å². The summed E-state index contributed by atoms with van der Waals surface area (Å²) in [6.07, 6.45) is 2.81. The Kier molecular flexibility index (Phi) is 7.55. The lowest BCUT2D eigenvalue weighted by Crippen LogP contribution is -2.48. The van der Waals surface area contributed by atoms with Gasteiger partial charge >= 0.3 is 6.09 Å². The molecule has 0 radical (unpaired) electrons. The summed E-state index contributed by atoms with van der Waals surface area (Å²) in [5.41, 5.74) is 3.10. The molecule has 0 aliphatic rings. The van der Waals surface area contributed by atoms with Crippen molar-refractivity contribution in [2.45, 2.75) is 32.4 Å². The maximum Gasteiger partial charge on any atom is 0.408 e. The van der Waals surface area contributed by atoms with Crippen molar-refractivity contribution in [2.24, 2.45) is 0 Å². The Balaban J connectivity index is 1.70. The van der Waals surface area contributed by atoms with E-state index in [9.17, 15) is 9.59 Å². The molecule has 2 N–H and O–H groups in total. The van der Waals surface area contributed by atoms with Gasteiger partial charge in [-0.05, 0) is 50.1 Å². The van der Waals surface area contributed by atoms with E-state index in [1.54, 1.807) is 33.2 Å². The number of carbonyl (C=O) groups excluding carboxylic acids is 2. The van der Waals surface area contributed by atoms with Crippen molar-refractivity contribution >= 4 is 28.5 Å². The van der Waals surface area contributed by atoms with Crippen LogP contribution in [0.1, 0.15) is 20.8 Å². The first-order chi connectivity index (χ1) is 15.2. The predicted molar refractivity (Wildman–Crippen MR) is 124 cm³/mol. The van der Waals surface area contributed by atoms with Gasteiger partial charge < -0.3 is 20.1 Å². The summed E-state index contributed by atoms with van der Waals surface area (Å²) in [5.74, 6) is -0.441. The number of pyridine rings is 1. The molecule has 0 unspecified atom stereocenters. The van der Waals surface area contributed by atoms with Crippen LogP contribution in [0.25, 0.3) is 22.4 Å². The fourth-order valence-electron chi connectivity index (χ4n) is 2.86. The molecule has 0 fully saturated rings. The lowest BCUT2D eigenvalue weighted by Gasteiger charge is -2.22. The molecule has 3 aromatic rings. The molecule has 0 aliphatic carbocycles. The van der Waals surface area contributed by atoms with Crippen molar-refractivity contribution in [1.29, 1.82) is 0 Å². The zero-order valence-corrected chi connectivity index (χ0v) is 19.2. The van der Waals surface area contributed by atoms with Crippen molar-refractivity contribution in [3.63, 3.8) is 0 Å². The Morgan fingerprint density at radius 1 is 1.09 bits per heavy atom. The van der Waals surface area contributed by atoms with Gasteiger partial charge in [0.05, 0.1) is 12.3 Å². The van der Waals surface area contributed by atoms with E-state index in [4.69, 9.17) is 9.47 Å². The fourth-order valence-corrected chi connectivity index (χ4v) is 3.58. The van der Waals surface area contributed by atoms with Crippen LogP contribution in [-0.2, 0) is 14.3 Å². The van der Waals surface area contributed by atoms with Gasteiger partial charge in [0, 0.05) is 30.4 Å². The van der Waals surface area contributed by atoms with Gasteiger partial charge in [-0.15, -0.1) is 11.3 Å². The Morgan fingerprint density at radius 3 is 2.50 bits per heavy atom. The number of thiazole rings is 1. The molecule has 8 nitrogen and oxygen atoms in total. The third-order valence-corrected chi connectivity index (χ3v) is 5.00. The molecule has 2 heterocycles. The zero-order chi connectivity index (χ0) is 23.1. The molecule has 1 aromatic carbocycles. The second kappa shape index (κ2) is 10.3. The van der Waals surface area contributed by atoms with Crippen molar-refractivity contribution in [1.82, 2.24) is 15.3 Å². The Morgan fingerprint density at radius 2 is 1.81 bits per heavy atom. The first-order valence-corrected chi connectivity index (χ1v) is 10.9.